The van der Waals surface area contributed by atoms with Crippen molar-refractivity contribution in [3.8, 4) is 0 Å². The Balaban J connectivity index is 1.26. The first-order chi connectivity index (χ1) is 14.1. The SMILES string of the molecule is CC1CCN(C(=O)c2coc(CN3CCN(Cc4ccccc4F)CC3)n2)CC1. The van der Waals surface area contributed by atoms with Crippen LogP contribution in [0.4, 0.5) is 4.39 Å². The van der Waals surface area contributed by atoms with E-state index in [2.05, 4.69) is 21.7 Å². The number of hydrogen-bond donors (Lipinski definition) is 0. The van der Waals surface area contributed by atoms with Crippen molar-refractivity contribution in [2.45, 2.75) is 32.9 Å². The van der Waals surface area contributed by atoms with Gasteiger partial charge in [-0.3, -0.25) is 14.6 Å². The molecule has 2 aliphatic heterocycles. The fraction of sp³-hybridized carbons (Fsp3) is 0.545. The largest absolute Gasteiger partial charge is 0.447 e. The predicted octanol–water partition coefficient (Wildman–Crippen LogP) is 3.00. The van der Waals surface area contributed by atoms with E-state index in [1.165, 1.54) is 12.3 Å². The summed E-state index contributed by atoms with van der Waals surface area (Å²) in [6, 6.07) is 6.95. The Bertz CT molecular complexity index is 824. The third kappa shape index (κ3) is 5.03. The van der Waals surface area contributed by atoms with Crippen LogP contribution in [-0.4, -0.2) is 64.9 Å². The number of amides is 1. The van der Waals surface area contributed by atoms with E-state index in [4.69, 9.17) is 4.42 Å². The summed E-state index contributed by atoms with van der Waals surface area (Å²) in [6.07, 6.45) is 3.59. The molecule has 3 heterocycles. The summed E-state index contributed by atoms with van der Waals surface area (Å²) in [5.74, 6) is 1.10. The minimum absolute atomic E-state index is 0.0263. The molecule has 0 unspecified atom stereocenters. The molecule has 7 heteroatoms. The summed E-state index contributed by atoms with van der Waals surface area (Å²) in [7, 11) is 0. The van der Waals surface area contributed by atoms with Gasteiger partial charge in [0.15, 0.2) is 5.69 Å². The molecule has 0 saturated carbocycles. The highest BCUT2D eigenvalue weighted by atomic mass is 19.1. The lowest BCUT2D eigenvalue weighted by atomic mass is 9.99. The molecule has 4 rings (SSSR count). The first kappa shape index (κ1) is 20.0. The van der Waals surface area contributed by atoms with Gasteiger partial charge in [-0.05, 0) is 24.8 Å². The molecule has 2 saturated heterocycles. The standard InChI is InChI=1S/C22H29FN4O2/c1-17-6-8-27(9-7-17)22(28)20-16-29-21(24-20)15-26-12-10-25(11-13-26)14-18-4-2-3-5-19(18)23/h2-5,16-17H,6-15H2,1H3. The Morgan fingerprint density at radius 2 is 1.72 bits per heavy atom. The van der Waals surface area contributed by atoms with Crippen molar-refractivity contribution in [3.05, 3.63) is 53.5 Å². The van der Waals surface area contributed by atoms with Crippen LogP contribution < -0.4 is 0 Å². The van der Waals surface area contributed by atoms with E-state index in [1.807, 2.05) is 17.0 Å². The van der Waals surface area contributed by atoms with Crippen molar-refractivity contribution >= 4 is 5.91 Å². The topological polar surface area (TPSA) is 52.8 Å². The van der Waals surface area contributed by atoms with Gasteiger partial charge in [-0.25, -0.2) is 9.37 Å². The van der Waals surface area contributed by atoms with E-state index in [-0.39, 0.29) is 11.7 Å². The van der Waals surface area contributed by atoms with Crippen molar-refractivity contribution in [3.63, 3.8) is 0 Å². The Morgan fingerprint density at radius 3 is 2.41 bits per heavy atom. The summed E-state index contributed by atoms with van der Waals surface area (Å²) in [5.41, 5.74) is 1.15. The van der Waals surface area contributed by atoms with E-state index >= 15 is 0 Å². The molecule has 0 bridgehead atoms. The summed E-state index contributed by atoms with van der Waals surface area (Å²) < 4.78 is 19.4. The van der Waals surface area contributed by atoms with Gasteiger partial charge < -0.3 is 9.32 Å². The van der Waals surface area contributed by atoms with Gasteiger partial charge >= 0.3 is 0 Å². The number of benzene rings is 1. The number of carbonyl (C=O) groups excluding carboxylic acids is 1. The molecule has 156 valence electrons. The molecule has 2 aromatic rings. The number of rotatable bonds is 5. The van der Waals surface area contributed by atoms with Crippen molar-refractivity contribution < 1.29 is 13.6 Å². The van der Waals surface area contributed by atoms with Crippen LogP contribution in [0.5, 0.6) is 0 Å². The fourth-order valence-electron chi connectivity index (χ4n) is 4.02. The zero-order valence-electron chi connectivity index (χ0n) is 17.0. The van der Waals surface area contributed by atoms with Gasteiger partial charge in [-0.2, -0.15) is 0 Å². The number of aromatic nitrogens is 1. The lowest BCUT2D eigenvalue weighted by Crippen LogP contribution is -2.45. The predicted molar refractivity (Wildman–Crippen MR) is 108 cm³/mol. The number of likely N-dealkylation sites (tertiary alicyclic amines) is 1. The quantitative estimate of drug-likeness (QED) is 0.772. The van der Waals surface area contributed by atoms with Crippen molar-refractivity contribution in [1.82, 2.24) is 19.7 Å². The molecule has 1 aromatic carbocycles. The highest BCUT2D eigenvalue weighted by Gasteiger charge is 2.25. The zero-order valence-corrected chi connectivity index (χ0v) is 17.0. The molecule has 2 fully saturated rings. The zero-order chi connectivity index (χ0) is 20.2. The molecule has 6 nitrogen and oxygen atoms in total. The summed E-state index contributed by atoms with van der Waals surface area (Å²) in [5, 5.41) is 0. The number of oxazole rings is 1. The maximum atomic E-state index is 13.8. The number of halogens is 1. The number of piperidine rings is 1. The van der Waals surface area contributed by atoms with Gasteiger partial charge in [-0.15, -0.1) is 0 Å². The average Bonchev–Trinajstić information content (AvgIpc) is 3.20. The smallest absolute Gasteiger partial charge is 0.275 e. The number of piperazine rings is 1. The summed E-state index contributed by atoms with van der Waals surface area (Å²) >= 11 is 0. The maximum Gasteiger partial charge on any atom is 0.275 e. The minimum Gasteiger partial charge on any atom is -0.447 e. The first-order valence-electron chi connectivity index (χ1n) is 10.5. The molecule has 0 spiro atoms. The van der Waals surface area contributed by atoms with Crippen molar-refractivity contribution in [1.29, 1.82) is 0 Å². The molecular weight excluding hydrogens is 371 g/mol. The fourth-order valence-corrected chi connectivity index (χ4v) is 4.02. The third-order valence-corrected chi connectivity index (χ3v) is 6.02. The van der Waals surface area contributed by atoms with Crippen LogP contribution in [0.2, 0.25) is 0 Å². The third-order valence-electron chi connectivity index (χ3n) is 6.02. The molecule has 1 aromatic heterocycles. The Morgan fingerprint density at radius 1 is 1.07 bits per heavy atom. The average molecular weight is 400 g/mol. The van der Waals surface area contributed by atoms with Gasteiger partial charge in [0.05, 0.1) is 6.54 Å². The molecule has 29 heavy (non-hydrogen) atoms. The molecule has 2 aliphatic rings. The van der Waals surface area contributed by atoms with Gasteiger partial charge in [0.2, 0.25) is 5.89 Å². The second kappa shape index (κ2) is 9.05. The highest BCUT2D eigenvalue weighted by molar-refractivity contribution is 5.92. The molecule has 0 atom stereocenters. The summed E-state index contributed by atoms with van der Waals surface area (Å²) in [4.78, 5) is 23.4. The van der Waals surface area contributed by atoms with Gasteiger partial charge in [-0.1, -0.05) is 25.1 Å². The van der Waals surface area contributed by atoms with Crippen LogP contribution in [0.25, 0.3) is 0 Å². The monoisotopic (exact) mass is 400 g/mol. The van der Waals surface area contributed by atoms with E-state index < -0.39 is 0 Å². The summed E-state index contributed by atoms with van der Waals surface area (Å²) in [6.45, 7) is 8.52. The van der Waals surface area contributed by atoms with Crippen LogP contribution in [0.3, 0.4) is 0 Å². The second-order valence-electron chi connectivity index (χ2n) is 8.24. The normalized spacial score (nSPS) is 19.6. The van der Waals surface area contributed by atoms with Crippen LogP contribution in [-0.2, 0) is 13.1 Å². The molecule has 0 aliphatic carbocycles. The Kier molecular flexibility index (Phi) is 6.25. The Hall–Kier alpha value is -2.25. The van der Waals surface area contributed by atoms with Crippen molar-refractivity contribution in [2.75, 3.05) is 39.3 Å². The number of nitrogens with zero attached hydrogens (tertiary/aromatic N) is 4. The Labute approximate surface area is 171 Å². The van der Waals surface area contributed by atoms with Crippen LogP contribution in [0, 0.1) is 11.7 Å². The minimum atomic E-state index is -0.143. The van der Waals surface area contributed by atoms with Crippen LogP contribution in [0.1, 0.15) is 41.7 Å². The highest BCUT2D eigenvalue weighted by Crippen LogP contribution is 2.19. The van der Waals surface area contributed by atoms with E-state index in [1.54, 1.807) is 6.07 Å². The van der Waals surface area contributed by atoms with Gasteiger partial charge in [0.25, 0.3) is 5.91 Å². The lowest BCUT2D eigenvalue weighted by molar-refractivity contribution is 0.0691. The number of hydrogen-bond acceptors (Lipinski definition) is 5. The number of carbonyl (C=O) groups is 1. The molecular formula is C22H29FN4O2. The van der Waals surface area contributed by atoms with Gasteiger partial charge in [0.1, 0.15) is 12.1 Å². The van der Waals surface area contributed by atoms with Crippen LogP contribution in [0.15, 0.2) is 34.9 Å². The maximum absolute atomic E-state index is 13.8. The van der Waals surface area contributed by atoms with E-state index in [0.717, 1.165) is 57.7 Å². The van der Waals surface area contributed by atoms with Crippen LogP contribution >= 0.6 is 0 Å². The molecule has 0 N–H and O–H groups in total. The van der Waals surface area contributed by atoms with E-state index in [0.29, 0.717) is 30.6 Å². The molecule has 1 amide bonds. The first-order valence-corrected chi connectivity index (χ1v) is 10.5. The molecule has 0 radical (unpaired) electrons. The van der Waals surface area contributed by atoms with Crippen molar-refractivity contribution in [2.24, 2.45) is 5.92 Å². The lowest BCUT2D eigenvalue weighted by Gasteiger charge is -2.34. The second-order valence-corrected chi connectivity index (χ2v) is 8.24. The van der Waals surface area contributed by atoms with Gasteiger partial charge in [0, 0.05) is 51.4 Å². The van der Waals surface area contributed by atoms with E-state index in [9.17, 15) is 9.18 Å².